The molecule has 1 fully saturated rings. The summed E-state index contributed by atoms with van der Waals surface area (Å²) in [5.41, 5.74) is 0. The van der Waals surface area contributed by atoms with E-state index in [1.807, 2.05) is 13.8 Å². The van der Waals surface area contributed by atoms with Gasteiger partial charge in [0.05, 0.1) is 19.0 Å². The van der Waals surface area contributed by atoms with Gasteiger partial charge in [0.2, 0.25) is 0 Å². The predicted molar refractivity (Wildman–Crippen MR) is 45.6 cm³/mol. The van der Waals surface area contributed by atoms with Crippen LogP contribution in [-0.2, 0) is 9.53 Å². The average molecular weight is 172 g/mol. The Hall–Kier alpha value is -0.570. The third kappa shape index (κ3) is 2.81. The van der Waals surface area contributed by atoms with Crippen molar-refractivity contribution in [2.45, 2.75) is 32.8 Å². The Morgan fingerprint density at radius 1 is 1.42 bits per heavy atom. The van der Waals surface area contributed by atoms with Gasteiger partial charge < -0.3 is 10.1 Å². The van der Waals surface area contributed by atoms with Gasteiger partial charge in [-0.3, -0.25) is 4.79 Å². The Balaban J connectivity index is 2.24. The molecule has 70 valence electrons. The van der Waals surface area contributed by atoms with Crippen LogP contribution < -0.4 is 5.32 Å². The molecule has 0 bridgehead atoms. The van der Waals surface area contributed by atoms with Crippen molar-refractivity contribution < 1.29 is 14.8 Å². The second-order valence-corrected chi connectivity index (χ2v) is 3.66. The lowest BCUT2D eigenvalue weighted by Crippen LogP contribution is -2.86. The minimum atomic E-state index is -0.0538. The molecule has 0 aromatic heterocycles. The normalized spacial score (nSPS) is 19.6. The first kappa shape index (κ1) is 9.52. The van der Waals surface area contributed by atoms with Crippen LogP contribution in [0.3, 0.4) is 0 Å². The smallest absolute Gasteiger partial charge is 0.308 e. The maximum atomic E-state index is 11.2. The summed E-state index contributed by atoms with van der Waals surface area (Å²) in [6.45, 7) is 5.93. The van der Waals surface area contributed by atoms with Gasteiger partial charge in [-0.2, -0.15) is 0 Å². The molecule has 0 aromatic carbocycles. The van der Waals surface area contributed by atoms with Crippen LogP contribution in [0.1, 0.15) is 26.7 Å². The van der Waals surface area contributed by atoms with Crippen molar-refractivity contribution in [3.05, 3.63) is 0 Å². The number of piperidine rings is 1. The third-order valence-corrected chi connectivity index (χ3v) is 2.14. The van der Waals surface area contributed by atoms with Gasteiger partial charge in [0.15, 0.2) is 0 Å². The third-order valence-electron chi connectivity index (χ3n) is 2.14. The van der Waals surface area contributed by atoms with Crippen LogP contribution in [0.4, 0.5) is 0 Å². The van der Waals surface area contributed by atoms with Gasteiger partial charge in [-0.1, -0.05) is 13.8 Å². The number of nitrogens with two attached hydrogens (primary N) is 1. The molecule has 1 saturated heterocycles. The molecule has 3 heteroatoms. The van der Waals surface area contributed by atoms with Crippen LogP contribution in [0.25, 0.3) is 0 Å². The SMILES string of the molecule is CC(C)C(=O)OC1CC[NH2+]CC1. The molecule has 0 spiro atoms. The Morgan fingerprint density at radius 2 is 2.00 bits per heavy atom. The highest BCUT2D eigenvalue weighted by Gasteiger charge is 2.20. The van der Waals surface area contributed by atoms with Crippen LogP contribution in [0, 0.1) is 5.92 Å². The van der Waals surface area contributed by atoms with E-state index in [9.17, 15) is 4.79 Å². The van der Waals surface area contributed by atoms with Crippen LogP contribution >= 0.6 is 0 Å². The van der Waals surface area contributed by atoms with Gasteiger partial charge in [-0.15, -0.1) is 0 Å². The van der Waals surface area contributed by atoms with Gasteiger partial charge in [-0.25, -0.2) is 0 Å². The minimum absolute atomic E-state index is 0.0101. The quantitative estimate of drug-likeness (QED) is 0.592. The number of carbonyl (C=O) groups is 1. The molecule has 1 aliphatic rings. The zero-order valence-electron chi connectivity index (χ0n) is 7.88. The molecular formula is C9H18NO2+. The number of rotatable bonds is 2. The van der Waals surface area contributed by atoms with E-state index in [4.69, 9.17) is 4.74 Å². The zero-order valence-corrected chi connectivity index (χ0v) is 7.88. The van der Waals surface area contributed by atoms with Gasteiger partial charge >= 0.3 is 5.97 Å². The summed E-state index contributed by atoms with van der Waals surface area (Å²) < 4.78 is 5.29. The Labute approximate surface area is 73.5 Å². The number of ether oxygens (including phenoxy) is 1. The van der Waals surface area contributed by atoms with Crippen molar-refractivity contribution >= 4 is 5.97 Å². The fraction of sp³-hybridized carbons (Fsp3) is 0.889. The lowest BCUT2D eigenvalue weighted by atomic mass is 10.1. The highest BCUT2D eigenvalue weighted by Crippen LogP contribution is 2.07. The Morgan fingerprint density at radius 3 is 2.50 bits per heavy atom. The van der Waals surface area contributed by atoms with Gasteiger partial charge in [0.1, 0.15) is 6.10 Å². The molecular weight excluding hydrogens is 154 g/mol. The van der Waals surface area contributed by atoms with Crippen LogP contribution in [0.5, 0.6) is 0 Å². The predicted octanol–water partition coefficient (Wildman–Crippen LogP) is -0.0886. The maximum absolute atomic E-state index is 11.2. The summed E-state index contributed by atoms with van der Waals surface area (Å²) in [4.78, 5) is 11.2. The van der Waals surface area contributed by atoms with E-state index in [0.29, 0.717) is 0 Å². The molecule has 0 saturated carbocycles. The molecule has 1 aliphatic heterocycles. The average Bonchev–Trinajstić information content (AvgIpc) is 2.06. The summed E-state index contributed by atoms with van der Waals surface area (Å²) in [5, 5.41) is 2.26. The highest BCUT2D eigenvalue weighted by molar-refractivity contribution is 5.71. The van der Waals surface area contributed by atoms with Crippen molar-refractivity contribution in [2.75, 3.05) is 13.1 Å². The van der Waals surface area contributed by atoms with E-state index in [1.165, 1.54) is 0 Å². The first-order valence-electron chi connectivity index (χ1n) is 4.72. The minimum Gasteiger partial charge on any atom is -0.462 e. The Bertz CT molecular complexity index is 151. The first-order chi connectivity index (χ1) is 5.70. The van der Waals surface area contributed by atoms with E-state index in [2.05, 4.69) is 5.32 Å². The monoisotopic (exact) mass is 172 g/mol. The van der Waals surface area contributed by atoms with Crippen molar-refractivity contribution in [3.63, 3.8) is 0 Å². The van der Waals surface area contributed by atoms with E-state index < -0.39 is 0 Å². The van der Waals surface area contributed by atoms with Crippen molar-refractivity contribution in [1.29, 1.82) is 0 Å². The number of quaternary nitrogens is 1. The summed E-state index contributed by atoms with van der Waals surface area (Å²) in [6, 6.07) is 0. The summed E-state index contributed by atoms with van der Waals surface area (Å²) in [6.07, 6.45) is 2.21. The van der Waals surface area contributed by atoms with Gasteiger partial charge in [0, 0.05) is 12.8 Å². The molecule has 1 heterocycles. The molecule has 12 heavy (non-hydrogen) atoms. The molecule has 1 rings (SSSR count). The van der Waals surface area contributed by atoms with Crippen molar-refractivity contribution in [2.24, 2.45) is 5.92 Å². The number of esters is 1. The molecule has 0 atom stereocenters. The van der Waals surface area contributed by atoms with Gasteiger partial charge in [0.25, 0.3) is 0 Å². The molecule has 0 unspecified atom stereocenters. The summed E-state index contributed by atoms with van der Waals surface area (Å²) in [7, 11) is 0. The first-order valence-corrected chi connectivity index (χ1v) is 4.72. The second-order valence-electron chi connectivity index (χ2n) is 3.66. The highest BCUT2D eigenvalue weighted by atomic mass is 16.5. The molecule has 0 aromatic rings. The fourth-order valence-electron chi connectivity index (χ4n) is 1.31. The lowest BCUT2D eigenvalue weighted by Gasteiger charge is -2.21. The lowest BCUT2D eigenvalue weighted by molar-refractivity contribution is -0.664. The fourth-order valence-corrected chi connectivity index (χ4v) is 1.31. The molecule has 0 aliphatic carbocycles. The standard InChI is InChI=1S/C9H17NO2/c1-7(2)9(11)12-8-3-5-10-6-4-8/h7-8,10H,3-6H2,1-2H3/p+1. The molecule has 3 nitrogen and oxygen atoms in total. The topological polar surface area (TPSA) is 42.9 Å². The van der Waals surface area contributed by atoms with Crippen LogP contribution in [0.15, 0.2) is 0 Å². The summed E-state index contributed by atoms with van der Waals surface area (Å²) >= 11 is 0. The maximum Gasteiger partial charge on any atom is 0.308 e. The van der Waals surface area contributed by atoms with Crippen molar-refractivity contribution in [1.82, 2.24) is 0 Å². The number of hydrogen-bond donors (Lipinski definition) is 1. The van der Waals surface area contributed by atoms with Gasteiger partial charge in [-0.05, 0) is 0 Å². The number of carbonyl (C=O) groups excluding carboxylic acids is 1. The van der Waals surface area contributed by atoms with E-state index in [1.54, 1.807) is 0 Å². The number of hydrogen-bond acceptors (Lipinski definition) is 2. The van der Waals surface area contributed by atoms with Crippen LogP contribution in [0.2, 0.25) is 0 Å². The Kier molecular flexibility index (Phi) is 3.53. The molecule has 0 amide bonds. The van der Waals surface area contributed by atoms with E-state index in [-0.39, 0.29) is 18.0 Å². The largest absolute Gasteiger partial charge is 0.462 e. The summed E-state index contributed by atoms with van der Waals surface area (Å²) in [5.74, 6) is -0.0437. The van der Waals surface area contributed by atoms with E-state index in [0.717, 1.165) is 25.9 Å². The molecule has 0 radical (unpaired) electrons. The second kappa shape index (κ2) is 4.45. The van der Waals surface area contributed by atoms with E-state index >= 15 is 0 Å². The van der Waals surface area contributed by atoms with Crippen molar-refractivity contribution in [3.8, 4) is 0 Å². The molecule has 2 N–H and O–H groups in total. The van der Waals surface area contributed by atoms with Crippen LogP contribution in [-0.4, -0.2) is 25.2 Å². The zero-order chi connectivity index (χ0) is 8.97.